The molecule has 0 aliphatic carbocycles. The molecule has 0 atom stereocenters. The number of tetrazole rings is 1. The lowest BCUT2D eigenvalue weighted by Crippen LogP contribution is -2.19. The van der Waals surface area contributed by atoms with Crippen molar-refractivity contribution in [3.63, 3.8) is 0 Å². The lowest BCUT2D eigenvalue weighted by Gasteiger charge is -2.01. The fourth-order valence-corrected chi connectivity index (χ4v) is 2.55. The second-order valence-electron chi connectivity index (χ2n) is 5.18. The van der Waals surface area contributed by atoms with Crippen molar-refractivity contribution in [2.75, 3.05) is 0 Å². The predicted molar refractivity (Wildman–Crippen MR) is 89.7 cm³/mol. The van der Waals surface area contributed by atoms with Crippen LogP contribution >= 0.6 is 11.6 Å². The summed E-state index contributed by atoms with van der Waals surface area (Å²) in [6.45, 7) is 0.133. The molecule has 4 aromatic rings. The van der Waals surface area contributed by atoms with Gasteiger partial charge in [-0.15, -0.1) is 10.2 Å². The van der Waals surface area contributed by atoms with E-state index in [-0.39, 0.29) is 12.1 Å². The van der Waals surface area contributed by atoms with Crippen molar-refractivity contribution in [2.45, 2.75) is 6.54 Å². The molecule has 4 rings (SSSR count). The number of aromatic nitrogens is 6. The van der Waals surface area contributed by atoms with E-state index in [9.17, 15) is 4.79 Å². The summed E-state index contributed by atoms with van der Waals surface area (Å²) in [6.07, 6.45) is 0. The Morgan fingerprint density at radius 2 is 2.00 bits per heavy atom. The van der Waals surface area contributed by atoms with E-state index in [1.54, 1.807) is 18.2 Å². The van der Waals surface area contributed by atoms with E-state index in [4.69, 9.17) is 11.6 Å². The van der Waals surface area contributed by atoms with Crippen molar-refractivity contribution >= 4 is 22.6 Å². The van der Waals surface area contributed by atoms with Crippen LogP contribution < -0.4 is 5.56 Å². The zero-order chi connectivity index (χ0) is 16.5. The molecule has 0 saturated carbocycles. The Hall–Kier alpha value is -3.06. The van der Waals surface area contributed by atoms with Gasteiger partial charge in [-0.2, -0.15) is 4.80 Å². The van der Waals surface area contributed by atoms with Crippen LogP contribution in [0.3, 0.4) is 0 Å². The van der Waals surface area contributed by atoms with Crippen molar-refractivity contribution in [3.8, 4) is 11.4 Å². The average molecular weight is 339 g/mol. The van der Waals surface area contributed by atoms with Gasteiger partial charge in [0, 0.05) is 10.6 Å². The highest BCUT2D eigenvalue weighted by Crippen LogP contribution is 2.18. The maximum atomic E-state index is 12.1. The molecule has 7 nitrogen and oxygen atoms in total. The van der Waals surface area contributed by atoms with Crippen molar-refractivity contribution in [1.82, 2.24) is 30.2 Å². The van der Waals surface area contributed by atoms with Crippen LogP contribution in [-0.2, 0) is 6.54 Å². The first-order valence-electron chi connectivity index (χ1n) is 7.21. The lowest BCUT2D eigenvalue weighted by atomic mass is 10.2. The van der Waals surface area contributed by atoms with Crippen molar-refractivity contribution in [2.24, 2.45) is 0 Å². The SMILES string of the molecule is O=c1[nH]c2ccccc2nc1Cn1nnc(-c2cccc(Cl)c2)n1. The fraction of sp³-hybridized carbons (Fsp3) is 0.0625. The second kappa shape index (κ2) is 5.86. The van der Waals surface area contributed by atoms with Gasteiger partial charge in [-0.3, -0.25) is 4.79 Å². The zero-order valence-corrected chi connectivity index (χ0v) is 13.1. The van der Waals surface area contributed by atoms with Gasteiger partial charge in [0.1, 0.15) is 12.2 Å². The smallest absolute Gasteiger partial charge is 0.272 e. The number of rotatable bonds is 3. The molecule has 24 heavy (non-hydrogen) atoms. The third-order valence-electron chi connectivity index (χ3n) is 3.50. The summed E-state index contributed by atoms with van der Waals surface area (Å²) in [5.41, 5.74) is 2.22. The molecule has 118 valence electrons. The number of aromatic amines is 1. The van der Waals surface area contributed by atoms with Gasteiger partial charge >= 0.3 is 0 Å². The lowest BCUT2D eigenvalue weighted by molar-refractivity contribution is 0.562. The van der Waals surface area contributed by atoms with Gasteiger partial charge in [-0.1, -0.05) is 35.9 Å². The topological polar surface area (TPSA) is 89.4 Å². The molecule has 0 spiro atoms. The van der Waals surface area contributed by atoms with E-state index >= 15 is 0 Å². The minimum Gasteiger partial charge on any atom is -0.319 e. The Morgan fingerprint density at radius 1 is 1.12 bits per heavy atom. The van der Waals surface area contributed by atoms with E-state index in [1.807, 2.05) is 30.3 Å². The highest BCUT2D eigenvalue weighted by Gasteiger charge is 2.10. The van der Waals surface area contributed by atoms with Crippen LogP contribution in [0.2, 0.25) is 5.02 Å². The molecule has 0 aliphatic heterocycles. The summed E-state index contributed by atoms with van der Waals surface area (Å²) in [5, 5.41) is 12.9. The summed E-state index contributed by atoms with van der Waals surface area (Å²) in [5.74, 6) is 0.440. The van der Waals surface area contributed by atoms with Gasteiger partial charge in [0.25, 0.3) is 5.56 Å². The van der Waals surface area contributed by atoms with Gasteiger partial charge in [-0.05, 0) is 29.5 Å². The standard InChI is InChI=1S/C16H11ClN6O/c17-11-5-3-4-10(8-11)15-20-22-23(21-15)9-14-16(24)19-13-7-2-1-6-12(13)18-14/h1-8H,9H2,(H,19,24). The Labute approximate surface area is 140 Å². The van der Waals surface area contributed by atoms with Crippen molar-refractivity contribution in [3.05, 3.63) is 69.6 Å². The number of H-pyrrole nitrogens is 1. The molecule has 8 heteroatoms. The molecule has 0 amide bonds. The summed E-state index contributed by atoms with van der Waals surface area (Å²) in [4.78, 5) is 20.6. The monoisotopic (exact) mass is 338 g/mol. The van der Waals surface area contributed by atoms with Gasteiger partial charge in [0.2, 0.25) is 5.82 Å². The maximum absolute atomic E-state index is 12.1. The quantitative estimate of drug-likeness (QED) is 0.619. The van der Waals surface area contributed by atoms with Crippen LogP contribution in [0.15, 0.2) is 53.3 Å². The molecular formula is C16H11ClN6O. The maximum Gasteiger partial charge on any atom is 0.272 e. The van der Waals surface area contributed by atoms with E-state index in [0.29, 0.717) is 27.6 Å². The molecule has 0 bridgehead atoms. The Bertz CT molecular complexity index is 1090. The van der Waals surface area contributed by atoms with Gasteiger partial charge < -0.3 is 4.98 Å². The van der Waals surface area contributed by atoms with Gasteiger partial charge in [0.15, 0.2) is 0 Å². The minimum atomic E-state index is -0.268. The summed E-state index contributed by atoms with van der Waals surface area (Å²) in [6, 6.07) is 14.5. The summed E-state index contributed by atoms with van der Waals surface area (Å²) < 4.78 is 0. The first-order valence-corrected chi connectivity index (χ1v) is 7.58. The number of nitrogens with one attached hydrogen (secondary N) is 1. The molecule has 0 saturated heterocycles. The molecule has 0 radical (unpaired) electrons. The van der Waals surface area contributed by atoms with Crippen LogP contribution in [-0.4, -0.2) is 30.2 Å². The van der Waals surface area contributed by atoms with Crippen LogP contribution in [0, 0.1) is 0 Å². The highest BCUT2D eigenvalue weighted by molar-refractivity contribution is 6.30. The molecule has 2 heterocycles. The van der Waals surface area contributed by atoms with Crippen molar-refractivity contribution in [1.29, 1.82) is 0 Å². The molecular weight excluding hydrogens is 328 g/mol. The third kappa shape index (κ3) is 2.77. The van der Waals surface area contributed by atoms with Gasteiger partial charge in [-0.25, -0.2) is 4.98 Å². The second-order valence-corrected chi connectivity index (χ2v) is 5.62. The van der Waals surface area contributed by atoms with Crippen LogP contribution in [0.4, 0.5) is 0 Å². The van der Waals surface area contributed by atoms with E-state index in [1.165, 1.54) is 4.80 Å². The molecule has 0 aliphatic rings. The predicted octanol–water partition coefficient (Wildman–Crippen LogP) is 2.28. The average Bonchev–Trinajstić information content (AvgIpc) is 3.04. The number of para-hydroxylation sites is 2. The molecule has 0 fully saturated rings. The molecule has 2 aromatic heterocycles. The van der Waals surface area contributed by atoms with E-state index in [0.717, 1.165) is 5.56 Å². The van der Waals surface area contributed by atoms with Gasteiger partial charge in [0.05, 0.1) is 11.0 Å². The number of halogens is 1. The van der Waals surface area contributed by atoms with E-state index in [2.05, 4.69) is 25.4 Å². The fourth-order valence-electron chi connectivity index (χ4n) is 2.36. The first kappa shape index (κ1) is 14.5. The van der Waals surface area contributed by atoms with Crippen LogP contribution in [0.1, 0.15) is 5.69 Å². The number of fused-ring (bicyclic) bond motifs is 1. The minimum absolute atomic E-state index is 0.133. The van der Waals surface area contributed by atoms with Crippen molar-refractivity contribution < 1.29 is 0 Å². The van der Waals surface area contributed by atoms with E-state index < -0.39 is 0 Å². The largest absolute Gasteiger partial charge is 0.319 e. The summed E-state index contributed by atoms with van der Waals surface area (Å²) >= 11 is 5.97. The molecule has 2 aromatic carbocycles. The third-order valence-corrected chi connectivity index (χ3v) is 3.73. The zero-order valence-electron chi connectivity index (χ0n) is 12.3. The first-order chi connectivity index (χ1) is 11.7. The Morgan fingerprint density at radius 3 is 2.88 bits per heavy atom. The normalized spacial score (nSPS) is 11.0. The highest BCUT2D eigenvalue weighted by atomic mass is 35.5. The molecule has 1 N–H and O–H groups in total. The number of nitrogens with zero attached hydrogens (tertiary/aromatic N) is 5. The van der Waals surface area contributed by atoms with Crippen LogP contribution in [0.25, 0.3) is 22.4 Å². The number of benzene rings is 2. The Kier molecular flexibility index (Phi) is 3.55. The Balaban J connectivity index is 1.67. The molecule has 0 unspecified atom stereocenters. The number of hydrogen-bond donors (Lipinski definition) is 1. The summed E-state index contributed by atoms with van der Waals surface area (Å²) in [7, 11) is 0. The van der Waals surface area contributed by atoms with Crippen LogP contribution in [0.5, 0.6) is 0 Å². The number of hydrogen-bond acceptors (Lipinski definition) is 5.